The zero-order valence-corrected chi connectivity index (χ0v) is 13.0. The first-order valence-electron chi connectivity index (χ1n) is 7.37. The van der Waals surface area contributed by atoms with Gasteiger partial charge in [0.2, 0.25) is 5.91 Å². The van der Waals surface area contributed by atoms with E-state index in [1.165, 1.54) is 5.57 Å². The fourth-order valence-corrected chi connectivity index (χ4v) is 3.12. The highest BCUT2D eigenvalue weighted by Crippen LogP contribution is 2.34. The maximum Gasteiger partial charge on any atom is 0.250 e. The molecular formula is C16H29NO. The van der Waals surface area contributed by atoms with Crippen molar-refractivity contribution in [2.45, 2.75) is 85.2 Å². The molecule has 0 saturated heterocycles. The van der Waals surface area contributed by atoms with Gasteiger partial charge in [0.05, 0.1) is 0 Å². The highest BCUT2D eigenvalue weighted by atomic mass is 16.2. The molecule has 2 heteroatoms. The van der Waals surface area contributed by atoms with Gasteiger partial charge >= 0.3 is 0 Å². The van der Waals surface area contributed by atoms with Crippen molar-refractivity contribution in [1.29, 1.82) is 0 Å². The van der Waals surface area contributed by atoms with Crippen molar-refractivity contribution in [1.82, 2.24) is 4.90 Å². The van der Waals surface area contributed by atoms with Gasteiger partial charge in [-0.05, 0) is 47.0 Å². The van der Waals surface area contributed by atoms with Crippen LogP contribution >= 0.6 is 0 Å². The van der Waals surface area contributed by atoms with Gasteiger partial charge in [0.15, 0.2) is 0 Å². The van der Waals surface area contributed by atoms with Crippen LogP contribution in [0.2, 0.25) is 0 Å². The Bertz CT molecular complexity index is 335. The molecule has 0 fully saturated rings. The summed E-state index contributed by atoms with van der Waals surface area (Å²) < 4.78 is 0. The molecule has 0 spiro atoms. The Morgan fingerprint density at radius 1 is 1.17 bits per heavy atom. The van der Waals surface area contributed by atoms with Crippen molar-refractivity contribution in [3.63, 3.8) is 0 Å². The Morgan fingerprint density at radius 3 is 2.17 bits per heavy atom. The van der Waals surface area contributed by atoms with E-state index in [1.54, 1.807) is 0 Å². The Kier molecular flexibility index (Phi) is 5.01. The van der Waals surface area contributed by atoms with E-state index in [-0.39, 0.29) is 11.4 Å². The Labute approximate surface area is 112 Å². The third-order valence-electron chi connectivity index (χ3n) is 3.66. The van der Waals surface area contributed by atoms with Gasteiger partial charge in [-0.1, -0.05) is 32.3 Å². The number of carbonyl (C=O) groups is 1. The lowest BCUT2D eigenvalue weighted by atomic mass is 9.86. The summed E-state index contributed by atoms with van der Waals surface area (Å²) in [6.07, 6.45) is 5.28. The molecule has 1 aliphatic heterocycles. The zero-order chi connectivity index (χ0) is 13.9. The quantitative estimate of drug-likeness (QED) is 0.729. The van der Waals surface area contributed by atoms with Gasteiger partial charge in [0.1, 0.15) is 0 Å². The third-order valence-corrected chi connectivity index (χ3v) is 3.66. The molecule has 0 saturated carbocycles. The minimum Gasteiger partial charge on any atom is -0.331 e. The third kappa shape index (κ3) is 3.15. The van der Waals surface area contributed by atoms with Crippen molar-refractivity contribution in [2.24, 2.45) is 0 Å². The van der Waals surface area contributed by atoms with Crippen LogP contribution in [0.15, 0.2) is 11.1 Å². The molecule has 1 atom stereocenters. The summed E-state index contributed by atoms with van der Waals surface area (Å²) in [6, 6.07) is 0.333. The molecule has 0 aromatic rings. The maximum absolute atomic E-state index is 12.7. The second kappa shape index (κ2) is 5.90. The van der Waals surface area contributed by atoms with Gasteiger partial charge in [-0.25, -0.2) is 0 Å². The van der Waals surface area contributed by atoms with Gasteiger partial charge in [-0.2, -0.15) is 0 Å². The van der Waals surface area contributed by atoms with E-state index in [1.807, 2.05) is 0 Å². The van der Waals surface area contributed by atoms with Crippen LogP contribution in [0.25, 0.3) is 0 Å². The highest BCUT2D eigenvalue weighted by molar-refractivity contribution is 5.95. The Hall–Kier alpha value is -0.790. The number of carbonyl (C=O) groups excluding carboxylic acids is 1. The monoisotopic (exact) mass is 251 g/mol. The summed E-state index contributed by atoms with van der Waals surface area (Å²) in [6.45, 7) is 12.9. The Balaban J connectivity index is 3.11. The summed E-state index contributed by atoms with van der Waals surface area (Å²) in [5, 5.41) is 0. The topological polar surface area (TPSA) is 20.3 Å². The van der Waals surface area contributed by atoms with Crippen molar-refractivity contribution >= 4 is 5.91 Å². The minimum atomic E-state index is -0.0762. The molecule has 0 aromatic heterocycles. The summed E-state index contributed by atoms with van der Waals surface area (Å²) in [5.74, 6) is 0.284. The molecule has 0 aromatic carbocycles. The smallest absolute Gasteiger partial charge is 0.250 e. The average molecular weight is 251 g/mol. The predicted molar refractivity (Wildman–Crippen MR) is 77.5 cm³/mol. The van der Waals surface area contributed by atoms with E-state index >= 15 is 0 Å². The molecule has 0 bridgehead atoms. The molecule has 1 aliphatic rings. The summed E-state index contributed by atoms with van der Waals surface area (Å²) >= 11 is 0. The van der Waals surface area contributed by atoms with Crippen LogP contribution in [0.4, 0.5) is 0 Å². The van der Waals surface area contributed by atoms with E-state index in [9.17, 15) is 4.79 Å². The molecule has 0 N–H and O–H groups in total. The van der Waals surface area contributed by atoms with Gasteiger partial charge in [0, 0.05) is 17.2 Å². The van der Waals surface area contributed by atoms with Gasteiger partial charge in [-0.15, -0.1) is 0 Å². The maximum atomic E-state index is 12.7. The largest absolute Gasteiger partial charge is 0.331 e. The minimum absolute atomic E-state index is 0.0762. The standard InChI is InChI=1S/C16H29NO/c1-7-9-13-11-12(3)17(16(4,5)6)15(18)14(13)10-8-2/h12H,7-11H2,1-6H3. The van der Waals surface area contributed by atoms with Crippen LogP contribution in [-0.2, 0) is 4.79 Å². The van der Waals surface area contributed by atoms with Crippen LogP contribution in [0, 0.1) is 0 Å². The Morgan fingerprint density at radius 2 is 1.72 bits per heavy atom. The van der Waals surface area contributed by atoms with Gasteiger partial charge in [0.25, 0.3) is 0 Å². The van der Waals surface area contributed by atoms with Gasteiger partial charge in [-0.3, -0.25) is 4.79 Å². The number of hydrogen-bond donors (Lipinski definition) is 0. The van der Waals surface area contributed by atoms with Crippen molar-refractivity contribution < 1.29 is 4.79 Å². The highest BCUT2D eigenvalue weighted by Gasteiger charge is 2.37. The molecule has 1 unspecified atom stereocenters. The fraction of sp³-hybridized carbons (Fsp3) is 0.812. The molecule has 0 aliphatic carbocycles. The van der Waals surface area contributed by atoms with Crippen LogP contribution in [0.3, 0.4) is 0 Å². The summed E-state index contributed by atoms with van der Waals surface area (Å²) in [7, 11) is 0. The molecule has 1 heterocycles. The van der Waals surface area contributed by atoms with Gasteiger partial charge < -0.3 is 4.90 Å². The normalized spacial score (nSPS) is 21.8. The molecule has 1 rings (SSSR count). The molecule has 104 valence electrons. The number of hydrogen-bond acceptors (Lipinski definition) is 1. The number of rotatable bonds is 4. The predicted octanol–water partition coefficient (Wildman–Crippen LogP) is 4.30. The lowest BCUT2D eigenvalue weighted by Crippen LogP contribution is -2.53. The SMILES string of the molecule is CCCC1=C(CCC)C(=O)N(C(C)(C)C)C(C)C1. The second-order valence-corrected chi connectivity index (χ2v) is 6.48. The molecule has 2 nitrogen and oxygen atoms in total. The molecular weight excluding hydrogens is 222 g/mol. The van der Waals surface area contributed by atoms with Crippen LogP contribution in [0.1, 0.15) is 73.6 Å². The van der Waals surface area contributed by atoms with Crippen LogP contribution in [0.5, 0.6) is 0 Å². The summed E-state index contributed by atoms with van der Waals surface area (Å²) in [4.78, 5) is 14.8. The van der Waals surface area contributed by atoms with E-state index in [4.69, 9.17) is 0 Å². The number of nitrogens with zero attached hydrogens (tertiary/aromatic N) is 1. The molecule has 1 amide bonds. The van der Waals surface area contributed by atoms with Crippen molar-refractivity contribution in [3.05, 3.63) is 11.1 Å². The lowest BCUT2D eigenvalue weighted by molar-refractivity contribution is -0.135. The number of amides is 1. The lowest BCUT2D eigenvalue weighted by Gasteiger charge is -2.44. The summed E-state index contributed by atoms with van der Waals surface area (Å²) in [5.41, 5.74) is 2.44. The molecule has 18 heavy (non-hydrogen) atoms. The van der Waals surface area contributed by atoms with Crippen molar-refractivity contribution in [2.75, 3.05) is 0 Å². The van der Waals surface area contributed by atoms with E-state index < -0.39 is 0 Å². The van der Waals surface area contributed by atoms with E-state index in [2.05, 4.69) is 46.4 Å². The van der Waals surface area contributed by atoms with E-state index in [0.29, 0.717) is 6.04 Å². The van der Waals surface area contributed by atoms with Crippen LogP contribution in [-0.4, -0.2) is 22.4 Å². The van der Waals surface area contributed by atoms with E-state index in [0.717, 1.165) is 37.7 Å². The van der Waals surface area contributed by atoms with Crippen molar-refractivity contribution in [3.8, 4) is 0 Å². The first-order valence-corrected chi connectivity index (χ1v) is 7.37. The first-order chi connectivity index (χ1) is 8.32. The second-order valence-electron chi connectivity index (χ2n) is 6.48. The fourth-order valence-electron chi connectivity index (χ4n) is 3.12. The first kappa shape index (κ1) is 15.3. The average Bonchev–Trinajstić information content (AvgIpc) is 2.21. The van der Waals surface area contributed by atoms with Crippen LogP contribution < -0.4 is 0 Å². The zero-order valence-electron chi connectivity index (χ0n) is 13.0. The molecule has 0 radical (unpaired) electrons.